The molecule has 1 N–H and O–H groups in total. The minimum absolute atomic E-state index is 0. The van der Waals surface area contributed by atoms with Gasteiger partial charge in [-0.1, -0.05) is 60.7 Å². The molecule has 0 spiro atoms. The van der Waals surface area contributed by atoms with Crippen LogP contribution in [0.15, 0.2) is 84.0 Å². The molecule has 172 valence electrons. The van der Waals surface area contributed by atoms with Crippen molar-refractivity contribution in [3.05, 3.63) is 101 Å². The molecular formula is C27H20N3NiO3-. The molecule has 7 heteroatoms. The van der Waals surface area contributed by atoms with Crippen LogP contribution in [0.25, 0.3) is 5.32 Å². The molecule has 34 heavy (non-hydrogen) atoms. The van der Waals surface area contributed by atoms with E-state index >= 15 is 0 Å². The smallest absolute Gasteiger partial charge is 0.333 e. The van der Waals surface area contributed by atoms with Crippen LogP contribution < -0.4 is 0 Å². The normalized spacial score (nSPS) is 10.8. The van der Waals surface area contributed by atoms with Gasteiger partial charge in [0.15, 0.2) is 5.54 Å². The number of benzene rings is 2. The summed E-state index contributed by atoms with van der Waals surface area (Å²) in [5, 5.41) is 14.2. The van der Waals surface area contributed by atoms with Crippen molar-refractivity contribution in [3.63, 3.8) is 0 Å². The number of rotatable bonds is 8. The predicted octanol–water partition coefficient (Wildman–Crippen LogP) is 4.63. The van der Waals surface area contributed by atoms with E-state index in [2.05, 4.69) is 27.1 Å². The van der Waals surface area contributed by atoms with Gasteiger partial charge in [-0.05, 0) is 17.7 Å². The van der Waals surface area contributed by atoms with Gasteiger partial charge in [-0.15, -0.1) is 30.4 Å². The number of hydrogen-bond donors (Lipinski definition) is 1. The Morgan fingerprint density at radius 3 is 2.15 bits per heavy atom. The van der Waals surface area contributed by atoms with Crippen molar-refractivity contribution in [3.8, 4) is 24.7 Å². The van der Waals surface area contributed by atoms with Gasteiger partial charge in [0, 0.05) is 41.1 Å². The van der Waals surface area contributed by atoms with Gasteiger partial charge >= 0.3 is 5.97 Å². The van der Waals surface area contributed by atoms with Crippen LogP contribution in [-0.4, -0.2) is 33.2 Å². The number of nitrogens with zero attached hydrogens (tertiary/aromatic N) is 3. The van der Waals surface area contributed by atoms with Gasteiger partial charge < -0.3 is 15.2 Å². The topological polar surface area (TPSA) is 93.7 Å². The Kier molecular flexibility index (Phi) is 9.32. The summed E-state index contributed by atoms with van der Waals surface area (Å²) < 4.78 is 0. The molecule has 0 fully saturated rings. The van der Waals surface area contributed by atoms with Crippen LogP contribution >= 0.6 is 0 Å². The van der Waals surface area contributed by atoms with Crippen molar-refractivity contribution in [2.75, 3.05) is 0 Å². The number of aromatic nitrogens is 1. The maximum absolute atomic E-state index is 12.7. The molecule has 0 aliphatic heterocycles. The largest absolute Gasteiger partial charge is 0.621 e. The minimum atomic E-state index is -1.73. The minimum Gasteiger partial charge on any atom is -0.621 e. The summed E-state index contributed by atoms with van der Waals surface area (Å²) in [5.74, 6) is 3.00. The Morgan fingerprint density at radius 1 is 0.941 bits per heavy atom. The molecule has 0 radical (unpaired) electrons. The van der Waals surface area contributed by atoms with E-state index in [0.717, 1.165) is 0 Å². The van der Waals surface area contributed by atoms with Crippen molar-refractivity contribution in [2.24, 2.45) is 4.99 Å². The summed E-state index contributed by atoms with van der Waals surface area (Å²) in [5.41, 5.74) is 0.184. The van der Waals surface area contributed by atoms with Gasteiger partial charge in [-0.3, -0.25) is 9.98 Å². The Morgan fingerprint density at radius 2 is 1.56 bits per heavy atom. The third-order valence-corrected chi connectivity index (χ3v) is 4.83. The molecule has 1 aromatic heterocycles. The quantitative estimate of drug-likeness (QED) is 0.281. The summed E-state index contributed by atoms with van der Waals surface area (Å²) in [7, 11) is 0. The van der Waals surface area contributed by atoms with Gasteiger partial charge in [-0.2, -0.15) is 0 Å². The third kappa shape index (κ3) is 5.98. The van der Waals surface area contributed by atoms with E-state index in [1.54, 1.807) is 66.7 Å². The second kappa shape index (κ2) is 12.2. The summed E-state index contributed by atoms with van der Waals surface area (Å²) in [6.07, 6.45) is 12.1. The number of aliphatic carboxylic acids is 1. The molecular weight excluding hydrogens is 473 g/mol. The van der Waals surface area contributed by atoms with E-state index < -0.39 is 17.4 Å². The van der Waals surface area contributed by atoms with E-state index in [1.807, 2.05) is 6.07 Å². The zero-order valence-electron chi connectivity index (χ0n) is 18.0. The molecule has 1 amide bonds. The van der Waals surface area contributed by atoms with E-state index in [4.69, 9.17) is 12.8 Å². The first-order chi connectivity index (χ1) is 16.0. The van der Waals surface area contributed by atoms with Crippen LogP contribution in [0.2, 0.25) is 0 Å². The van der Waals surface area contributed by atoms with Crippen molar-refractivity contribution in [1.29, 1.82) is 0 Å². The summed E-state index contributed by atoms with van der Waals surface area (Å²) in [4.78, 5) is 33.6. The second-order valence-corrected chi connectivity index (χ2v) is 7.07. The Balaban J connectivity index is 0.00000408. The molecule has 2 aromatic carbocycles. The first kappa shape index (κ1) is 26.1. The molecule has 0 unspecified atom stereocenters. The number of carboxylic acids is 1. The molecule has 3 rings (SSSR count). The maximum Gasteiger partial charge on any atom is 0.333 e. The maximum atomic E-state index is 12.7. The molecule has 1 heterocycles. The molecule has 0 aliphatic rings. The second-order valence-electron chi connectivity index (χ2n) is 7.07. The fraction of sp³-hybridized carbons (Fsp3) is 0.111. The Hall–Kier alpha value is -4.19. The summed E-state index contributed by atoms with van der Waals surface area (Å²) in [6, 6.07) is 20.8. The van der Waals surface area contributed by atoms with Gasteiger partial charge in [0.1, 0.15) is 5.91 Å². The Bertz CT molecular complexity index is 1240. The zero-order valence-corrected chi connectivity index (χ0v) is 19.0. The van der Waals surface area contributed by atoms with Crippen LogP contribution in [0.4, 0.5) is 5.69 Å². The van der Waals surface area contributed by atoms with Crippen LogP contribution in [-0.2, 0) is 21.3 Å². The van der Waals surface area contributed by atoms with Gasteiger partial charge in [0.05, 0.1) is 11.4 Å². The molecule has 0 aliphatic carbocycles. The average molecular weight is 493 g/mol. The molecule has 6 nitrogen and oxygen atoms in total. The van der Waals surface area contributed by atoms with Gasteiger partial charge in [-0.25, -0.2) is 4.79 Å². The van der Waals surface area contributed by atoms with Crippen molar-refractivity contribution in [1.82, 2.24) is 4.98 Å². The summed E-state index contributed by atoms with van der Waals surface area (Å²) in [6.45, 7) is 0. The SMILES string of the molecule is C#CCC(CC#C)(N=C(c1ccccc1)c1ccccc1[N-]C(=O)c1ccccn1)C(=O)O.[Ni]. The number of aliphatic imine (C=N–C) groups is 1. The van der Waals surface area contributed by atoms with E-state index in [-0.39, 0.29) is 35.0 Å². The first-order valence-electron chi connectivity index (χ1n) is 10.0. The van der Waals surface area contributed by atoms with Crippen molar-refractivity contribution >= 4 is 23.3 Å². The fourth-order valence-corrected chi connectivity index (χ4v) is 3.20. The van der Waals surface area contributed by atoms with Crippen molar-refractivity contribution < 1.29 is 31.2 Å². The molecule has 0 saturated heterocycles. The van der Waals surface area contributed by atoms with Crippen LogP contribution in [0.1, 0.15) is 34.5 Å². The van der Waals surface area contributed by atoms with Crippen molar-refractivity contribution in [2.45, 2.75) is 18.4 Å². The fourth-order valence-electron chi connectivity index (χ4n) is 3.20. The predicted molar refractivity (Wildman–Crippen MR) is 127 cm³/mol. The zero-order chi connectivity index (χ0) is 23.7. The molecule has 0 atom stereocenters. The standard InChI is InChI=1S/C27H21N3O3.Ni/c1-3-17-27(18-4-2,26(32)33)30-24(20-12-6-5-7-13-20)21-14-8-9-15-22(21)29-25(31)23-16-10-11-19-28-23;/h1-2,5-16,19H,17-18H2,(H2,29,30,31,32,33);/p-1. The number of carboxylic acid groups (broad SMARTS) is 1. The molecule has 0 bridgehead atoms. The van der Waals surface area contributed by atoms with E-state index in [1.165, 1.54) is 6.20 Å². The van der Waals surface area contributed by atoms with Gasteiger partial charge in [0.2, 0.25) is 0 Å². The third-order valence-electron chi connectivity index (χ3n) is 4.83. The monoisotopic (exact) mass is 492 g/mol. The van der Waals surface area contributed by atoms with Crippen LogP contribution in [0.3, 0.4) is 0 Å². The molecule has 0 saturated carbocycles. The number of carbonyl (C=O) groups is 2. The van der Waals surface area contributed by atoms with E-state index in [0.29, 0.717) is 22.5 Å². The number of pyridine rings is 1. The number of para-hydroxylation sites is 1. The average Bonchev–Trinajstić information content (AvgIpc) is 2.84. The number of terminal acetylenes is 2. The first-order valence-corrected chi connectivity index (χ1v) is 10.0. The number of hydrogen-bond acceptors (Lipinski definition) is 4. The van der Waals surface area contributed by atoms with Crippen LogP contribution in [0, 0.1) is 24.7 Å². The van der Waals surface area contributed by atoms with Crippen LogP contribution in [0.5, 0.6) is 0 Å². The Labute approximate surface area is 208 Å². The number of carbonyl (C=O) groups excluding carboxylic acids is 1. The van der Waals surface area contributed by atoms with E-state index in [9.17, 15) is 14.7 Å². The molecule has 3 aromatic rings. The van der Waals surface area contributed by atoms with Gasteiger partial charge in [0.25, 0.3) is 0 Å². The number of amides is 1. The summed E-state index contributed by atoms with van der Waals surface area (Å²) >= 11 is 0.